The number of nitrogen functional groups attached to an aromatic ring is 1. The van der Waals surface area contributed by atoms with E-state index >= 15 is 0 Å². The Balaban J connectivity index is 0.000000206. The molecule has 13 rings (SSSR count). The Labute approximate surface area is 824 Å². The van der Waals surface area contributed by atoms with Gasteiger partial charge >= 0.3 is 54.3 Å². The number of nitrogens with two attached hydrogens (primary N) is 1. The van der Waals surface area contributed by atoms with Crippen molar-refractivity contribution in [3.63, 3.8) is 0 Å². The van der Waals surface area contributed by atoms with Crippen molar-refractivity contribution < 1.29 is 141 Å². The first kappa shape index (κ1) is 107. The highest BCUT2D eigenvalue weighted by Gasteiger charge is 2.38. The number of halogens is 11. The maximum absolute atomic E-state index is 13.5. The van der Waals surface area contributed by atoms with Gasteiger partial charge in [0.25, 0.3) is 17.7 Å². The first-order valence-electron chi connectivity index (χ1n) is 42.6. The minimum Gasteiger partial charge on any atom is -0.497 e. The fourth-order valence-corrected chi connectivity index (χ4v) is 14.1. The predicted octanol–water partition coefficient (Wildman–Crippen LogP) is 19.5. The number of anilines is 4. The van der Waals surface area contributed by atoms with Crippen LogP contribution in [0.2, 0.25) is 10.2 Å². The van der Waals surface area contributed by atoms with Crippen LogP contribution in [0, 0.1) is 0 Å². The van der Waals surface area contributed by atoms with Crippen LogP contribution in [0.25, 0.3) is 11.1 Å². The standard InChI is InChI=1S/C39H30ClF3N2O7.C33H28F3N3O7.C32H25ClF3N3O7/c1-51-33-19-12-29(34(21-33)39(41,42)43)20-35(46)44-31-15-10-27(11-16-31)37(49)45(23-36(47)48)22-24-2-17-32(18-3-24)52-38(50)28-6-4-25(5-7-28)26-8-13-30(40)14-9-26;1-45-27-14-9-22(28(17-27)33(34,35)36)16-29(40)38-25-10-7-21(8-11-25)31(43)39(19-30(41)42)18-20-5-12-26(13-6-20)46-32(44)23-3-2-4-24(37)15-23;1-45-25-12-6-21(26(15-25)32(34,35)36)14-28(40)38-23-8-4-20(5-9-23)30(43)39(18-29(41)42)17-19-2-10-24(11-3-19)46-31(44)22-7-13-27(33)37-16-22/h2-19,21H,20,22-23H2,1H3,(H,44,46)(H,47,48);2-15,17H,16,18-19,37H2,1H3,(H,38,40)(H,41,42);2-13,15-16H,14,17-18H2,1H3,(H,38,40)(H,41,42). The number of aliphatic carboxylic acids is 3. The molecular weight excluding hydrogens is 1940 g/mol. The molecule has 0 aliphatic rings. The third-order valence-corrected chi connectivity index (χ3v) is 21.4. The molecule has 0 spiro atoms. The zero-order valence-corrected chi connectivity index (χ0v) is 77.3. The van der Waals surface area contributed by atoms with Crippen LogP contribution >= 0.6 is 23.2 Å². The van der Waals surface area contributed by atoms with E-state index in [9.17, 15) is 112 Å². The number of esters is 3. The quantitative estimate of drug-likeness (QED) is 0.00647. The molecule has 0 fully saturated rings. The number of alkyl halides is 9. The molecule has 0 bridgehead atoms. The molecule has 0 saturated heterocycles. The lowest BCUT2D eigenvalue weighted by Crippen LogP contribution is -2.35. The zero-order valence-electron chi connectivity index (χ0n) is 75.8. The Hall–Kier alpha value is -17.4. The molecular formula is C104H83Cl2F9N8O21. The van der Waals surface area contributed by atoms with Crippen LogP contribution in [0.4, 0.5) is 62.3 Å². The number of hydrogen-bond donors (Lipinski definition) is 7. The van der Waals surface area contributed by atoms with Crippen molar-refractivity contribution in [1.29, 1.82) is 0 Å². The summed E-state index contributed by atoms with van der Waals surface area (Å²) in [7, 11) is 3.71. The number of carboxylic acid groups (broad SMARTS) is 3. The average molecular weight is 2020 g/mol. The van der Waals surface area contributed by atoms with Gasteiger partial charge in [-0.3, -0.25) is 43.2 Å². The van der Waals surface area contributed by atoms with Crippen molar-refractivity contribution in [2.24, 2.45) is 0 Å². The summed E-state index contributed by atoms with van der Waals surface area (Å²) < 4.78 is 152. The maximum atomic E-state index is 13.5. The Morgan fingerprint density at radius 3 is 0.903 bits per heavy atom. The van der Waals surface area contributed by atoms with E-state index in [0.717, 1.165) is 44.0 Å². The van der Waals surface area contributed by atoms with Gasteiger partial charge < -0.3 is 80.1 Å². The van der Waals surface area contributed by atoms with Crippen molar-refractivity contribution in [1.82, 2.24) is 19.7 Å². The van der Waals surface area contributed by atoms with E-state index in [1.165, 1.54) is 191 Å². The van der Waals surface area contributed by atoms with E-state index in [2.05, 4.69) is 20.9 Å². The zero-order chi connectivity index (χ0) is 104. The Bertz CT molecular complexity index is 6830. The van der Waals surface area contributed by atoms with E-state index < -0.39 is 145 Å². The molecule has 1 aromatic heterocycles. The monoisotopic (exact) mass is 2020 g/mol. The summed E-state index contributed by atoms with van der Waals surface area (Å²) in [5.41, 5.74) is 7.66. The number of hydrogen-bond acceptors (Lipinski definition) is 20. The number of nitrogens with zero attached hydrogens (tertiary/aromatic N) is 4. The summed E-state index contributed by atoms with van der Waals surface area (Å²) in [6, 6.07) is 68.3. The molecule has 0 aliphatic carbocycles. The number of ether oxygens (including phenoxy) is 6. The van der Waals surface area contributed by atoms with Crippen LogP contribution < -0.4 is 50.1 Å². The summed E-state index contributed by atoms with van der Waals surface area (Å²) in [4.78, 5) is 157. The second-order valence-electron chi connectivity index (χ2n) is 31.3. The molecule has 29 nitrogen and oxygen atoms in total. The highest BCUT2D eigenvalue weighted by atomic mass is 35.5. The molecule has 742 valence electrons. The smallest absolute Gasteiger partial charge is 0.416 e. The van der Waals surface area contributed by atoms with Crippen molar-refractivity contribution >= 4 is 117 Å². The SMILES string of the molecule is COc1ccc(CC(=O)Nc2ccc(C(=O)N(CC(=O)O)Cc3ccc(OC(=O)c4ccc(-c5ccc(Cl)cc5)cc4)cc3)cc2)c(C(F)(F)F)c1.COc1ccc(CC(=O)Nc2ccc(C(=O)N(CC(=O)O)Cc3ccc(OC(=O)c4ccc(Cl)nc4)cc3)cc2)c(C(F)(F)F)c1.COc1ccc(CC(=O)Nc2ccc(C(=O)N(CC(=O)O)Cc3ccc(OC(=O)c4cccc(N)c4)cc3)cc2)c(C(F)(F)F)c1. The van der Waals surface area contributed by atoms with Gasteiger partial charge in [0, 0.05) is 70.3 Å². The number of aromatic nitrogens is 1. The van der Waals surface area contributed by atoms with E-state index in [0.29, 0.717) is 33.0 Å². The number of carbonyl (C=O) groups excluding carboxylic acids is 9. The highest BCUT2D eigenvalue weighted by Crippen LogP contribution is 2.39. The molecule has 144 heavy (non-hydrogen) atoms. The van der Waals surface area contributed by atoms with E-state index in [-0.39, 0.29) is 121 Å². The Morgan fingerprint density at radius 1 is 0.333 bits per heavy atom. The number of nitrogens with one attached hydrogen (secondary N) is 3. The van der Waals surface area contributed by atoms with Crippen LogP contribution in [0.1, 0.15) is 112 Å². The lowest BCUT2D eigenvalue weighted by molar-refractivity contribution is -0.139. The summed E-state index contributed by atoms with van der Waals surface area (Å²) in [5, 5.41) is 36.6. The molecule has 12 aromatic carbocycles. The summed E-state index contributed by atoms with van der Waals surface area (Å²) >= 11 is 11.7. The van der Waals surface area contributed by atoms with Gasteiger partial charge in [-0.05, 0) is 245 Å². The van der Waals surface area contributed by atoms with E-state index in [1.807, 2.05) is 12.1 Å². The third kappa shape index (κ3) is 31.5. The fourth-order valence-electron chi connectivity index (χ4n) is 13.9. The number of carbonyl (C=O) groups is 12. The molecule has 0 unspecified atom stereocenters. The molecule has 40 heteroatoms. The van der Waals surface area contributed by atoms with Crippen molar-refractivity contribution in [3.05, 3.63) is 385 Å². The van der Waals surface area contributed by atoms with Gasteiger partial charge in [0.05, 0.1) is 74.0 Å². The summed E-state index contributed by atoms with van der Waals surface area (Å²) in [5.74, 6) is -8.95. The minimum absolute atomic E-state index is 0.000435. The van der Waals surface area contributed by atoms with Crippen molar-refractivity contribution in [2.75, 3.05) is 62.6 Å². The molecule has 8 N–H and O–H groups in total. The van der Waals surface area contributed by atoms with Gasteiger partial charge in [-0.2, -0.15) is 39.5 Å². The number of pyridine rings is 1. The van der Waals surface area contributed by atoms with Crippen molar-refractivity contribution in [3.8, 4) is 45.6 Å². The van der Waals surface area contributed by atoms with Crippen molar-refractivity contribution in [2.45, 2.75) is 57.4 Å². The molecule has 0 saturated carbocycles. The van der Waals surface area contributed by atoms with Gasteiger partial charge in [0.15, 0.2) is 0 Å². The molecule has 6 amide bonds. The predicted molar refractivity (Wildman–Crippen MR) is 509 cm³/mol. The third-order valence-electron chi connectivity index (χ3n) is 20.9. The Morgan fingerprint density at radius 2 is 0.618 bits per heavy atom. The van der Waals surface area contributed by atoms with E-state index in [4.69, 9.17) is 57.4 Å². The number of rotatable bonds is 34. The molecule has 1 heterocycles. The molecule has 13 aromatic rings. The van der Waals surface area contributed by atoms with E-state index in [1.54, 1.807) is 91.0 Å². The van der Waals surface area contributed by atoms with Crippen LogP contribution in [0.3, 0.4) is 0 Å². The number of carboxylic acids is 3. The Kier molecular flexibility index (Phi) is 36.4. The fraction of sp³-hybridized carbons (Fsp3) is 0.144. The van der Waals surface area contributed by atoms with Crippen LogP contribution in [-0.2, 0) is 86.2 Å². The average Bonchev–Trinajstić information content (AvgIpc) is 0.809. The lowest BCUT2D eigenvalue weighted by atomic mass is 10.0. The van der Waals surface area contributed by atoms with Crippen LogP contribution in [0.15, 0.2) is 291 Å². The largest absolute Gasteiger partial charge is 0.497 e. The van der Waals surface area contributed by atoms with Gasteiger partial charge in [0.1, 0.15) is 59.3 Å². The number of amides is 6. The summed E-state index contributed by atoms with van der Waals surface area (Å²) in [6.45, 7) is -2.14. The number of benzene rings is 12. The maximum Gasteiger partial charge on any atom is 0.416 e. The highest BCUT2D eigenvalue weighted by molar-refractivity contribution is 6.30. The van der Waals surface area contributed by atoms with Gasteiger partial charge in [-0.1, -0.05) is 108 Å². The van der Waals surface area contributed by atoms with Gasteiger partial charge in [0.2, 0.25) is 17.7 Å². The molecule has 0 radical (unpaired) electrons. The second kappa shape index (κ2) is 48.9. The lowest BCUT2D eigenvalue weighted by Gasteiger charge is -2.21. The van der Waals surface area contributed by atoms with Gasteiger partial charge in [-0.15, -0.1) is 0 Å². The molecule has 0 atom stereocenters. The normalized spacial score (nSPS) is 11.0. The van der Waals surface area contributed by atoms with Crippen LogP contribution in [-0.4, -0.2) is 147 Å². The van der Waals surface area contributed by atoms with Crippen LogP contribution in [0.5, 0.6) is 34.5 Å². The second-order valence-corrected chi connectivity index (χ2v) is 32.1. The number of methoxy groups -OCH3 is 3. The summed E-state index contributed by atoms with van der Waals surface area (Å²) in [6.07, 6.45) is -14.5. The minimum atomic E-state index is -4.70. The topological polar surface area (TPSA) is 406 Å². The molecule has 0 aliphatic heterocycles. The van der Waals surface area contributed by atoms with Gasteiger partial charge in [-0.25, -0.2) is 19.4 Å². The first-order chi connectivity index (χ1) is 68.4. The first-order valence-corrected chi connectivity index (χ1v) is 43.4.